The quantitative estimate of drug-likeness (QED) is 0.825. The molecule has 2 rings (SSSR count). The zero-order chi connectivity index (χ0) is 16.2. The lowest BCUT2D eigenvalue weighted by Gasteiger charge is -2.17. The highest BCUT2D eigenvalue weighted by molar-refractivity contribution is 8.00. The number of benzene rings is 1. The molecule has 1 aromatic carbocycles. The van der Waals surface area contributed by atoms with Gasteiger partial charge in [-0.1, -0.05) is 32.9 Å². The number of thiazole rings is 1. The number of amides is 1. The number of aryl methyl sites for hydroxylation is 1. The van der Waals surface area contributed by atoms with Gasteiger partial charge in [-0.15, -0.1) is 11.3 Å². The second-order valence-electron chi connectivity index (χ2n) is 6.09. The molecule has 3 nitrogen and oxygen atoms in total. The van der Waals surface area contributed by atoms with Gasteiger partial charge in [0.2, 0.25) is 0 Å². The van der Waals surface area contributed by atoms with Crippen molar-refractivity contribution in [2.75, 3.05) is 12.3 Å². The van der Waals surface area contributed by atoms with E-state index in [1.165, 1.54) is 0 Å². The first kappa shape index (κ1) is 17.0. The van der Waals surface area contributed by atoms with Crippen molar-refractivity contribution < 1.29 is 4.79 Å². The van der Waals surface area contributed by atoms with Crippen molar-refractivity contribution in [1.29, 1.82) is 0 Å². The first-order valence-corrected chi connectivity index (χ1v) is 9.16. The molecule has 0 aliphatic heterocycles. The Morgan fingerprint density at radius 1 is 1.27 bits per heavy atom. The lowest BCUT2D eigenvalue weighted by molar-refractivity contribution is 0.0956. The van der Waals surface area contributed by atoms with Gasteiger partial charge in [-0.2, -0.15) is 11.8 Å². The minimum absolute atomic E-state index is 0.0172. The number of hydrogen-bond donors (Lipinski definition) is 1. The molecule has 0 aliphatic carbocycles. The number of thioether (sulfide) groups is 1. The molecule has 0 saturated carbocycles. The molecular formula is C17H22N2OS2. The van der Waals surface area contributed by atoms with E-state index in [2.05, 4.69) is 31.1 Å². The summed E-state index contributed by atoms with van der Waals surface area (Å²) in [4.78, 5) is 16.5. The number of hydrogen-bond acceptors (Lipinski definition) is 4. The zero-order valence-electron chi connectivity index (χ0n) is 13.5. The van der Waals surface area contributed by atoms with Crippen LogP contribution in [0.15, 0.2) is 29.6 Å². The van der Waals surface area contributed by atoms with Gasteiger partial charge in [0.25, 0.3) is 5.91 Å². The summed E-state index contributed by atoms with van der Waals surface area (Å²) in [6, 6.07) is 7.63. The third-order valence-electron chi connectivity index (χ3n) is 2.94. The van der Waals surface area contributed by atoms with E-state index >= 15 is 0 Å². The third-order valence-corrected chi connectivity index (χ3v) is 5.22. The van der Waals surface area contributed by atoms with Gasteiger partial charge in [-0.05, 0) is 19.1 Å². The summed E-state index contributed by atoms with van der Waals surface area (Å²) in [5.74, 6) is 0.905. The summed E-state index contributed by atoms with van der Waals surface area (Å²) in [6.07, 6.45) is 0. The number of nitrogens with one attached hydrogen (secondary N) is 1. The van der Waals surface area contributed by atoms with Crippen LogP contribution in [-0.4, -0.2) is 27.9 Å². The Morgan fingerprint density at radius 2 is 1.95 bits per heavy atom. The maximum Gasteiger partial charge on any atom is 0.251 e. The highest BCUT2D eigenvalue weighted by Gasteiger charge is 2.11. The smallest absolute Gasteiger partial charge is 0.251 e. The molecule has 2 aromatic rings. The van der Waals surface area contributed by atoms with Gasteiger partial charge in [0.15, 0.2) is 0 Å². The average molecular weight is 335 g/mol. The van der Waals surface area contributed by atoms with Crippen molar-refractivity contribution in [1.82, 2.24) is 10.3 Å². The summed E-state index contributed by atoms with van der Waals surface area (Å²) in [7, 11) is 0. The highest BCUT2D eigenvalue weighted by Crippen LogP contribution is 2.24. The highest BCUT2D eigenvalue weighted by atomic mass is 32.2. The molecule has 22 heavy (non-hydrogen) atoms. The van der Waals surface area contributed by atoms with E-state index in [9.17, 15) is 4.79 Å². The van der Waals surface area contributed by atoms with Crippen LogP contribution < -0.4 is 5.32 Å². The van der Waals surface area contributed by atoms with Crippen LogP contribution in [0.1, 0.15) is 36.8 Å². The van der Waals surface area contributed by atoms with E-state index in [0.717, 1.165) is 22.0 Å². The molecule has 1 amide bonds. The molecule has 0 bridgehead atoms. The first-order chi connectivity index (χ1) is 10.3. The third kappa shape index (κ3) is 5.14. The van der Waals surface area contributed by atoms with Gasteiger partial charge in [-0.3, -0.25) is 4.79 Å². The van der Waals surface area contributed by atoms with Crippen LogP contribution in [0.25, 0.3) is 10.6 Å². The Bertz CT molecular complexity index is 627. The van der Waals surface area contributed by atoms with Crippen molar-refractivity contribution in [2.45, 2.75) is 32.4 Å². The van der Waals surface area contributed by atoms with Gasteiger partial charge in [0.05, 0.1) is 0 Å². The number of aromatic nitrogens is 1. The molecule has 1 heterocycles. The molecule has 5 heteroatoms. The molecule has 0 spiro atoms. The van der Waals surface area contributed by atoms with Crippen molar-refractivity contribution in [3.05, 3.63) is 40.9 Å². The van der Waals surface area contributed by atoms with Crippen molar-refractivity contribution >= 4 is 29.0 Å². The summed E-state index contributed by atoms with van der Waals surface area (Å²) >= 11 is 3.47. The predicted molar refractivity (Wildman–Crippen MR) is 96.8 cm³/mol. The maximum atomic E-state index is 12.1. The van der Waals surface area contributed by atoms with Gasteiger partial charge < -0.3 is 5.32 Å². The minimum atomic E-state index is -0.0172. The fourth-order valence-corrected chi connectivity index (χ4v) is 3.49. The lowest BCUT2D eigenvalue weighted by Crippen LogP contribution is -2.26. The van der Waals surface area contributed by atoms with Gasteiger partial charge in [-0.25, -0.2) is 4.98 Å². The Balaban J connectivity index is 1.89. The van der Waals surface area contributed by atoms with Gasteiger partial charge in [0.1, 0.15) is 5.01 Å². The van der Waals surface area contributed by atoms with Crippen LogP contribution in [0, 0.1) is 6.92 Å². The van der Waals surface area contributed by atoms with Crippen LogP contribution in [0.5, 0.6) is 0 Å². The van der Waals surface area contributed by atoms with E-state index in [1.54, 1.807) is 11.3 Å². The monoisotopic (exact) mass is 334 g/mol. The van der Waals surface area contributed by atoms with E-state index < -0.39 is 0 Å². The first-order valence-electron chi connectivity index (χ1n) is 7.30. The zero-order valence-corrected chi connectivity index (χ0v) is 15.1. The lowest BCUT2D eigenvalue weighted by atomic mass is 10.1. The molecule has 0 aliphatic rings. The second-order valence-corrected chi connectivity index (χ2v) is 8.87. The van der Waals surface area contributed by atoms with Crippen LogP contribution in [0.4, 0.5) is 0 Å². The summed E-state index contributed by atoms with van der Waals surface area (Å²) in [5.41, 5.74) is 2.77. The number of nitrogens with zero attached hydrogens (tertiary/aromatic N) is 1. The Hall–Kier alpha value is -1.33. The molecule has 0 saturated heterocycles. The van der Waals surface area contributed by atoms with E-state index in [-0.39, 0.29) is 10.7 Å². The van der Waals surface area contributed by atoms with Crippen molar-refractivity contribution in [3.63, 3.8) is 0 Å². The summed E-state index contributed by atoms with van der Waals surface area (Å²) in [5, 5.41) is 5.98. The van der Waals surface area contributed by atoms with Gasteiger partial charge >= 0.3 is 0 Å². The van der Waals surface area contributed by atoms with Crippen LogP contribution >= 0.6 is 23.1 Å². The molecule has 0 fully saturated rings. The molecule has 0 radical (unpaired) electrons. The number of carbonyl (C=O) groups excluding carboxylic acids is 1. The molecule has 1 N–H and O–H groups in total. The molecule has 0 unspecified atom stereocenters. The molecule has 118 valence electrons. The minimum Gasteiger partial charge on any atom is -0.351 e. The van der Waals surface area contributed by atoms with Crippen molar-refractivity contribution in [3.8, 4) is 10.6 Å². The van der Waals surface area contributed by atoms with Crippen molar-refractivity contribution in [2.24, 2.45) is 0 Å². The Morgan fingerprint density at radius 3 is 2.50 bits per heavy atom. The fraction of sp³-hybridized carbons (Fsp3) is 0.412. The molecule has 0 atom stereocenters. The topological polar surface area (TPSA) is 42.0 Å². The number of carbonyl (C=O) groups is 1. The molecule has 1 aromatic heterocycles. The summed E-state index contributed by atoms with van der Waals surface area (Å²) in [6.45, 7) is 9.21. The van der Waals surface area contributed by atoms with Crippen LogP contribution in [-0.2, 0) is 0 Å². The normalized spacial score (nSPS) is 11.5. The molecular weight excluding hydrogens is 312 g/mol. The Labute approximate surface area is 140 Å². The fourth-order valence-electron chi connectivity index (χ4n) is 1.87. The standard InChI is InChI=1S/C17H22N2OS2/c1-12-11-21-16(19-12)14-7-5-13(6-8-14)15(20)18-9-10-22-17(2,3)4/h5-8,11H,9-10H2,1-4H3,(H,18,20). The van der Waals surface area contributed by atoms with Crippen LogP contribution in [0.2, 0.25) is 0 Å². The van der Waals surface area contributed by atoms with Crippen LogP contribution in [0.3, 0.4) is 0 Å². The van der Waals surface area contributed by atoms with E-state index in [0.29, 0.717) is 12.1 Å². The Kier molecular flexibility index (Phi) is 5.64. The predicted octanol–water partition coefficient (Wildman–Crippen LogP) is 4.38. The number of rotatable bonds is 5. The SMILES string of the molecule is Cc1csc(-c2ccc(C(=O)NCCSC(C)(C)C)cc2)n1. The second kappa shape index (κ2) is 7.29. The van der Waals surface area contributed by atoms with E-state index in [4.69, 9.17) is 0 Å². The van der Waals surface area contributed by atoms with Gasteiger partial charge in [0, 0.05) is 39.2 Å². The van der Waals surface area contributed by atoms with E-state index in [1.807, 2.05) is 48.3 Å². The maximum absolute atomic E-state index is 12.1. The average Bonchev–Trinajstić information content (AvgIpc) is 2.89. The summed E-state index contributed by atoms with van der Waals surface area (Å²) < 4.78 is 0.234. The largest absolute Gasteiger partial charge is 0.351 e.